The van der Waals surface area contributed by atoms with Crippen LogP contribution in [0.3, 0.4) is 0 Å². The number of alkyl carbamates (subject to hydrolysis) is 1. The second-order valence-electron chi connectivity index (χ2n) is 9.59. The molecule has 1 saturated heterocycles. The predicted molar refractivity (Wildman–Crippen MR) is 116 cm³/mol. The zero-order valence-electron chi connectivity index (χ0n) is 19.3. The van der Waals surface area contributed by atoms with Gasteiger partial charge >= 0.3 is 19.2 Å². The SMILES string of the molecule is COC(=O)C(CCc1ccc(B2OC(C)(C)C(C)(C)O2)cc1)NC(=O)OC(C)(C)C. The Morgan fingerprint density at radius 1 is 1.07 bits per heavy atom. The van der Waals surface area contributed by atoms with Crippen molar-refractivity contribution < 1.29 is 28.4 Å². The molecule has 7 nitrogen and oxygen atoms in total. The molecule has 0 radical (unpaired) electrons. The fraction of sp³-hybridized carbons (Fsp3) is 0.636. The summed E-state index contributed by atoms with van der Waals surface area (Å²) in [5, 5.41) is 2.59. The molecule has 166 valence electrons. The van der Waals surface area contributed by atoms with Crippen LogP contribution < -0.4 is 10.8 Å². The lowest BCUT2D eigenvalue weighted by molar-refractivity contribution is -0.143. The van der Waals surface area contributed by atoms with Gasteiger partial charge in [-0.15, -0.1) is 0 Å². The molecule has 1 amide bonds. The molecule has 0 bridgehead atoms. The molecule has 0 aromatic heterocycles. The lowest BCUT2D eigenvalue weighted by atomic mass is 9.78. The first kappa shape index (κ1) is 24.2. The Balaban J connectivity index is 1.98. The molecule has 30 heavy (non-hydrogen) atoms. The molecule has 8 heteroatoms. The van der Waals surface area contributed by atoms with Crippen molar-refractivity contribution in [1.82, 2.24) is 5.32 Å². The average Bonchev–Trinajstić information content (AvgIpc) is 2.84. The third-order valence-electron chi connectivity index (χ3n) is 5.40. The molecular weight excluding hydrogens is 385 g/mol. The minimum absolute atomic E-state index is 0.391. The van der Waals surface area contributed by atoms with Crippen LogP contribution in [0.4, 0.5) is 4.79 Å². The van der Waals surface area contributed by atoms with Crippen LogP contribution in [0, 0.1) is 0 Å². The van der Waals surface area contributed by atoms with Crippen LogP contribution in [0.5, 0.6) is 0 Å². The molecule has 1 heterocycles. The van der Waals surface area contributed by atoms with Gasteiger partial charge in [-0.25, -0.2) is 9.59 Å². The number of aryl methyl sites for hydroxylation is 1. The summed E-state index contributed by atoms with van der Waals surface area (Å²) >= 11 is 0. The van der Waals surface area contributed by atoms with Gasteiger partial charge in [0.2, 0.25) is 0 Å². The summed E-state index contributed by atoms with van der Waals surface area (Å²) in [7, 11) is 0.881. The summed E-state index contributed by atoms with van der Waals surface area (Å²) in [6, 6.07) is 7.09. The van der Waals surface area contributed by atoms with E-state index in [0.717, 1.165) is 11.0 Å². The highest BCUT2D eigenvalue weighted by Gasteiger charge is 2.51. The number of carbonyl (C=O) groups excluding carboxylic acids is 2. The number of nitrogens with one attached hydrogen (secondary N) is 1. The van der Waals surface area contributed by atoms with Crippen molar-refractivity contribution in [3.8, 4) is 0 Å². The van der Waals surface area contributed by atoms with Crippen molar-refractivity contribution in [2.75, 3.05) is 7.11 Å². The van der Waals surface area contributed by atoms with E-state index in [1.165, 1.54) is 7.11 Å². The van der Waals surface area contributed by atoms with Crippen molar-refractivity contribution in [2.24, 2.45) is 0 Å². The largest absolute Gasteiger partial charge is 0.494 e. The van der Waals surface area contributed by atoms with E-state index in [0.29, 0.717) is 12.8 Å². The van der Waals surface area contributed by atoms with Gasteiger partial charge in [-0.2, -0.15) is 0 Å². The summed E-state index contributed by atoms with van der Waals surface area (Å²) in [5.41, 5.74) is 0.534. The number of esters is 1. The van der Waals surface area contributed by atoms with Gasteiger partial charge in [-0.05, 0) is 72.3 Å². The molecule has 0 saturated carbocycles. The first-order valence-corrected chi connectivity index (χ1v) is 10.3. The molecule has 1 aromatic carbocycles. The van der Waals surface area contributed by atoms with E-state index in [-0.39, 0.29) is 0 Å². The molecule has 1 atom stereocenters. The first-order chi connectivity index (χ1) is 13.7. The van der Waals surface area contributed by atoms with Gasteiger partial charge in [-0.3, -0.25) is 0 Å². The minimum Gasteiger partial charge on any atom is -0.467 e. The first-order valence-electron chi connectivity index (χ1n) is 10.3. The quantitative estimate of drug-likeness (QED) is 0.564. The van der Waals surface area contributed by atoms with Crippen LogP contribution in [0.2, 0.25) is 0 Å². The van der Waals surface area contributed by atoms with Crippen LogP contribution in [-0.2, 0) is 30.0 Å². The maximum atomic E-state index is 12.1. The van der Waals surface area contributed by atoms with E-state index in [9.17, 15) is 9.59 Å². The summed E-state index contributed by atoms with van der Waals surface area (Å²) in [6.45, 7) is 13.4. The molecule has 1 aliphatic heterocycles. The lowest BCUT2D eigenvalue weighted by Crippen LogP contribution is -2.44. The highest BCUT2D eigenvalue weighted by Crippen LogP contribution is 2.36. The van der Waals surface area contributed by atoms with Gasteiger partial charge in [0.25, 0.3) is 0 Å². The van der Waals surface area contributed by atoms with Crippen LogP contribution in [0.25, 0.3) is 0 Å². The zero-order valence-corrected chi connectivity index (χ0v) is 19.3. The van der Waals surface area contributed by atoms with Crippen LogP contribution in [0.1, 0.15) is 60.5 Å². The van der Waals surface area contributed by atoms with Gasteiger partial charge in [0, 0.05) is 0 Å². The number of carbonyl (C=O) groups is 2. The molecular formula is C22H34BNO6. The average molecular weight is 419 g/mol. The predicted octanol–water partition coefficient (Wildman–Crippen LogP) is 2.98. The van der Waals surface area contributed by atoms with E-state index >= 15 is 0 Å². The summed E-state index contributed by atoms with van der Waals surface area (Å²) in [6.07, 6.45) is 0.329. The molecule has 2 rings (SSSR count). The Morgan fingerprint density at radius 3 is 2.07 bits per heavy atom. The Bertz CT molecular complexity index is 738. The molecule has 1 N–H and O–H groups in total. The molecule has 1 aliphatic rings. The number of hydrogen-bond donors (Lipinski definition) is 1. The summed E-state index contributed by atoms with van der Waals surface area (Å²) in [5.74, 6) is -0.505. The molecule has 0 aliphatic carbocycles. The summed E-state index contributed by atoms with van der Waals surface area (Å²) < 4.78 is 22.2. The second kappa shape index (κ2) is 8.98. The van der Waals surface area contributed by atoms with E-state index in [1.807, 2.05) is 52.0 Å². The fourth-order valence-corrected chi connectivity index (χ4v) is 2.97. The Kier molecular flexibility index (Phi) is 7.25. The van der Waals surface area contributed by atoms with Crippen molar-refractivity contribution in [3.63, 3.8) is 0 Å². The van der Waals surface area contributed by atoms with Crippen molar-refractivity contribution >= 4 is 24.6 Å². The maximum absolute atomic E-state index is 12.1. The highest BCUT2D eigenvalue weighted by molar-refractivity contribution is 6.62. The van der Waals surface area contributed by atoms with Crippen LogP contribution >= 0.6 is 0 Å². The normalized spacial score (nSPS) is 18.6. The van der Waals surface area contributed by atoms with Crippen molar-refractivity contribution in [2.45, 2.75) is 84.2 Å². The monoisotopic (exact) mass is 419 g/mol. The van der Waals surface area contributed by atoms with Crippen LogP contribution in [0.15, 0.2) is 24.3 Å². The number of ether oxygens (including phenoxy) is 2. The third-order valence-corrected chi connectivity index (χ3v) is 5.40. The molecule has 1 aromatic rings. The number of rotatable bonds is 6. The highest BCUT2D eigenvalue weighted by atomic mass is 16.7. The van der Waals surface area contributed by atoms with E-state index in [2.05, 4.69) is 5.32 Å². The number of amides is 1. The minimum atomic E-state index is -0.785. The van der Waals surface area contributed by atoms with Gasteiger partial charge in [0.05, 0.1) is 18.3 Å². The molecule has 1 unspecified atom stereocenters. The lowest BCUT2D eigenvalue weighted by Gasteiger charge is -2.32. The number of methoxy groups -OCH3 is 1. The smallest absolute Gasteiger partial charge is 0.467 e. The molecule has 0 spiro atoms. The second-order valence-corrected chi connectivity index (χ2v) is 9.59. The van der Waals surface area contributed by atoms with E-state index in [4.69, 9.17) is 18.8 Å². The topological polar surface area (TPSA) is 83.1 Å². The van der Waals surface area contributed by atoms with Gasteiger partial charge in [-0.1, -0.05) is 24.3 Å². The standard InChI is InChI=1S/C22H34BNO6/c1-20(2,3)28-19(26)24-17(18(25)27-8)14-11-15-9-12-16(13-10-15)23-29-21(4,5)22(6,7)30-23/h9-10,12-13,17H,11,14H2,1-8H3,(H,24,26). The van der Waals surface area contributed by atoms with Gasteiger partial charge < -0.3 is 24.1 Å². The Labute approximate surface area is 179 Å². The Morgan fingerprint density at radius 2 is 1.60 bits per heavy atom. The number of benzene rings is 1. The van der Waals surface area contributed by atoms with Crippen molar-refractivity contribution in [1.29, 1.82) is 0 Å². The Hall–Kier alpha value is -2.06. The van der Waals surface area contributed by atoms with Crippen molar-refractivity contribution in [3.05, 3.63) is 29.8 Å². The van der Waals surface area contributed by atoms with E-state index < -0.39 is 42.0 Å². The zero-order chi connectivity index (χ0) is 22.7. The van der Waals surface area contributed by atoms with E-state index in [1.54, 1.807) is 20.8 Å². The van der Waals surface area contributed by atoms with Crippen LogP contribution in [-0.4, -0.2) is 49.1 Å². The fourth-order valence-electron chi connectivity index (χ4n) is 2.97. The maximum Gasteiger partial charge on any atom is 0.494 e. The van der Waals surface area contributed by atoms with Gasteiger partial charge in [0.1, 0.15) is 11.6 Å². The number of hydrogen-bond acceptors (Lipinski definition) is 6. The third kappa shape index (κ3) is 6.22. The molecule has 1 fully saturated rings. The summed E-state index contributed by atoms with van der Waals surface area (Å²) in [4.78, 5) is 24.1. The van der Waals surface area contributed by atoms with Gasteiger partial charge in [0.15, 0.2) is 0 Å².